The Bertz CT molecular complexity index is 926. The van der Waals surface area contributed by atoms with Gasteiger partial charge in [0.25, 0.3) is 0 Å². The van der Waals surface area contributed by atoms with Crippen LogP contribution in [-0.4, -0.2) is 62.5 Å². The number of nitrogens with one attached hydrogen (secondary N) is 2. The summed E-state index contributed by atoms with van der Waals surface area (Å²) in [4.78, 5) is 42.7. The Morgan fingerprint density at radius 3 is 2.50 bits per heavy atom. The molecule has 3 heterocycles. The molecule has 186 valence electrons. The molecule has 0 radical (unpaired) electrons. The number of hydrogen-bond donors (Lipinski definition) is 3. The van der Waals surface area contributed by atoms with Crippen molar-refractivity contribution in [2.24, 2.45) is 11.8 Å². The van der Waals surface area contributed by atoms with Gasteiger partial charge >= 0.3 is 0 Å². The number of rotatable bonds is 10. The van der Waals surface area contributed by atoms with Crippen LogP contribution < -0.4 is 10.6 Å². The summed E-state index contributed by atoms with van der Waals surface area (Å²) >= 11 is 1.70. The normalized spacial score (nSPS) is 31.7. The van der Waals surface area contributed by atoms with Gasteiger partial charge in [0.15, 0.2) is 0 Å². The highest BCUT2D eigenvalue weighted by Gasteiger charge is 2.77. The number of fused-ring (bicyclic) bond motifs is 1. The number of amides is 3. The smallest absolute Gasteiger partial charge is 0.244 e. The van der Waals surface area contributed by atoms with Crippen LogP contribution in [0.15, 0.2) is 30.3 Å². The summed E-state index contributed by atoms with van der Waals surface area (Å²) in [5.41, 5.74) is 0.721. The van der Waals surface area contributed by atoms with Crippen molar-refractivity contribution in [2.45, 2.75) is 80.9 Å². The van der Waals surface area contributed by atoms with Crippen LogP contribution in [0.5, 0.6) is 0 Å². The van der Waals surface area contributed by atoms with Crippen LogP contribution in [0.25, 0.3) is 0 Å². The van der Waals surface area contributed by atoms with E-state index in [0.717, 1.165) is 44.2 Å². The van der Waals surface area contributed by atoms with Crippen molar-refractivity contribution in [1.82, 2.24) is 10.2 Å². The Hall–Kier alpha value is -2.06. The van der Waals surface area contributed by atoms with Crippen molar-refractivity contribution >= 4 is 35.2 Å². The summed E-state index contributed by atoms with van der Waals surface area (Å²) in [5, 5.41) is 15.1. The molecular weight excluding hydrogens is 450 g/mol. The molecule has 3 fully saturated rings. The highest BCUT2D eigenvalue weighted by Crippen LogP contribution is 2.71. The van der Waals surface area contributed by atoms with Crippen LogP contribution in [0, 0.1) is 11.8 Å². The molecule has 1 aromatic rings. The molecule has 2 bridgehead atoms. The van der Waals surface area contributed by atoms with Crippen LogP contribution in [0.3, 0.4) is 0 Å². The minimum Gasteiger partial charge on any atom is -0.396 e. The van der Waals surface area contributed by atoms with Gasteiger partial charge in [0.2, 0.25) is 17.7 Å². The first-order chi connectivity index (χ1) is 16.2. The molecule has 4 rings (SSSR count). The highest BCUT2D eigenvalue weighted by atomic mass is 32.2. The fourth-order valence-corrected chi connectivity index (χ4v) is 8.58. The molecule has 3 N–H and O–H groups in total. The molecule has 8 heteroatoms. The van der Waals surface area contributed by atoms with Crippen molar-refractivity contribution in [3.05, 3.63) is 30.3 Å². The lowest BCUT2D eigenvalue weighted by Crippen LogP contribution is -2.54. The number of carbonyl (C=O) groups excluding carboxylic acids is 3. The van der Waals surface area contributed by atoms with E-state index in [1.54, 1.807) is 16.7 Å². The van der Waals surface area contributed by atoms with Crippen LogP contribution in [-0.2, 0) is 14.4 Å². The first kappa shape index (κ1) is 25.0. The van der Waals surface area contributed by atoms with Gasteiger partial charge in [-0.1, -0.05) is 31.0 Å². The molecule has 0 aliphatic carbocycles. The maximum atomic E-state index is 13.9. The quantitative estimate of drug-likeness (QED) is 0.440. The number of hydrogen-bond acceptors (Lipinski definition) is 5. The lowest BCUT2D eigenvalue weighted by atomic mass is 9.66. The van der Waals surface area contributed by atoms with Gasteiger partial charge in [-0.05, 0) is 58.6 Å². The summed E-state index contributed by atoms with van der Waals surface area (Å²) in [7, 11) is 0. The summed E-state index contributed by atoms with van der Waals surface area (Å²) in [5.74, 6) is -1.28. The average molecular weight is 488 g/mol. The van der Waals surface area contributed by atoms with Gasteiger partial charge in [0.05, 0.1) is 16.6 Å². The first-order valence-corrected chi connectivity index (χ1v) is 13.3. The number of aliphatic hydroxyl groups excluding tert-OH is 1. The molecular formula is C26H37N3O4S. The van der Waals surface area contributed by atoms with E-state index in [9.17, 15) is 14.4 Å². The molecule has 1 aromatic carbocycles. The Morgan fingerprint density at radius 1 is 1.12 bits per heavy atom. The zero-order valence-corrected chi connectivity index (χ0v) is 21.2. The number of aliphatic hydroxyl groups is 1. The van der Waals surface area contributed by atoms with Crippen LogP contribution in [0.2, 0.25) is 0 Å². The van der Waals surface area contributed by atoms with Gasteiger partial charge < -0.3 is 20.6 Å². The van der Waals surface area contributed by atoms with E-state index >= 15 is 0 Å². The monoisotopic (exact) mass is 487 g/mol. The second-order valence-electron chi connectivity index (χ2n) is 10.4. The van der Waals surface area contributed by atoms with Crippen molar-refractivity contribution in [1.29, 1.82) is 0 Å². The maximum Gasteiger partial charge on any atom is 0.244 e. The van der Waals surface area contributed by atoms with E-state index in [-0.39, 0.29) is 35.1 Å². The van der Waals surface area contributed by atoms with E-state index in [0.29, 0.717) is 6.54 Å². The largest absolute Gasteiger partial charge is 0.396 e. The fraction of sp³-hybridized carbons (Fsp3) is 0.654. The van der Waals surface area contributed by atoms with Crippen molar-refractivity contribution in [3.63, 3.8) is 0 Å². The number of unbranched alkanes of at least 4 members (excludes halogenated alkanes) is 3. The minimum atomic E-state index is -0.575. The fourth-order valence-electron chi connectivity index (χ4n) is 6.22. The van der Waals surface area contributed by atoms with Gasteiger partial charge in [0.1, 0.15) is 6.04 Å². The molecule has 7 nitrogen and oxygen atoms in total. The van der Waals surface area contributed by atoms with Gasteiger partial charge in [-0.25, -0.2) is 0 Å². The second kappa shape index (κ2) is 9.90. The molecule has 3 saturated heterocycles. The minimum absolute atomic E-state index is 0.0270. The van der Waals surface area contributed by atoms with Crippen molar-refractivity contribution < 1.29 is 19.5 Å². The van der Waals surface area contributed by atoms with Gasteiger partial charge in [-0.3, -0.25) is 14.4 Å². The summed E-state index contributed by atoms with van der Waals surface area (Å²) in [6.45, 7) is 6.62. The summed E-state index contributed by atoms with van der Waals surface area (Å²) in [6.07, 6.45) is 4.88. The Morgan fingerprint density at radius 2 is 1.82 bits per heavy atom. The van der Waals surface area contributed by atoms with Crippen LogP contribution >= 0.6 is 11.8 Å². The Kier molecular flexibility index (Phi) is 7.29. The maximum absolute atomic E-state index is 13.9. The lowest BCUT2D eigenvalue weighted by molar-refractivity contribution is -0.139. The lowest BCUT2D eigenvalue weighted by Gasteiger charge is -2.35. The predicted molar refractivity (Wildman–Crippen MR) is 134 cm³/mol. The number of benzene rings is 1. The Balaban J connectivity index is 1.62. The summed E-state index contributed by atoms with van der Waals surface area (Å²) in [6, 6.07) is 8.76. The second-order valence-corrected chi connectivity index (χ2v) is 12.3. The first-order valence-electron chi connectivity index (χ1n) is 12.5. The van der Waals surface area contributed by atoms with Gasteiger partial charge in [-0.15, -0.1) is 11.8 Å². The van der Waals surface area contributed by atoms with E-state index in [2.05, 4.69) is 17.6 Å². The third-order valence-electron chi connectivity index (χ3n) is 7.59. The number of likely N-dealkylation sites (tertiary alicyclic amines) is 1. The summed E-state index contributed by atoms with van der Waals surface area (Å²) < 4.78 is -0.947. The van der Waals surface area contributed by atoms with Gasteiger partial charge in [-0.2, -0.15) is 0 Å². The Labute approximate surface area is 206 Å². The molecule has 5 atom stereocenters. The van der Waals surface area contributed by atoms with Crippen LogP contribution in [0.4, 0.5) is 5.69 Å². The predicted octanol–water partition coefficient (Wildman–Crippen LogP) is 3.18. The third kappa shape index (κ3) is 4.35. The standard InChI is InChI=1S/C26H37N3O4S/c1-17(2)27-23(32)21-26-14-13-25(3,34-26)19(22(31)28-18-11-7-6-8-12-18)20(26)24(33)29(21)15-9-4-5-10-16-30/h6-8,11-12,17,19-21,30H,4-5,9-10,13-16H2,1-3H3,(H,27,32)(H,28,31)/t19-,20-,21?,25+,26?/m0/s1. The van der Waals surface area contributed by atoms with E-state index in [4.69, 9.17) is 5.11 Å². The van der Waals surface area contributed by atoms with Gasteiger partial charge in [0, 0.05) is 29.6 Å². The number of anilines is 1. The van der Waals surface area contributed by atoms with Crippen molar-refractivity contribution in [3.8, 4) is 0 Å². The number of carbonyl (C=O) groups is 3. The van der Waals surface area contributed by atoms with Crippen molar-refractivity contribution in [2.75, 3.05) is 18.5 Å². The topological polar surface area (TPSA) is 98.7 Å². The SMILES string of the molecule is CC(C)NC(=O)C1N(CCCCCCO)C(=O)[C@@H]2[C@@H](C(=O)Nc3ccccc3)[C@@]3(C)CCC12S3. The molecule has 3 amide bonds. The zero-order chi connectivity index (χ0) is 24.5. The molecule has 0 saturated carbocycles. The van der Waals surface area contributed by atoms with E-state index < -0.39 is 22.6 Å². The molecule has 34 heavy (non-hydrogen) atoms. The van der Waals surface area contributed by atoms with E-state index in [1.165, 1.54) is 0 Å². The molecule has 2 unspecified atom stereocenters. The third-order valence-corrected chi connectivity index (χ3v) is 9.57. The zero-order valence-electron chi connectivity index (χ0n) is 20.4. The molecule has 0 aromatic heterocycles. The van der Waals surface area contributed by atoms with Crippen LogP contribution in [0.1, 0.15) is 59.3 Å². The average Bonchev–Trinajstić information content (AvgIpc) is 3.34. The number of para-hydroxylation sites is 1. The molecule has 1 spiro atoms. The molecule has 3 aliphatic rings. The molecule has 3 aliphatic heterocycles. The number of thioether (sulfide) groups is 1. The highest BCUT2D eigenvalue weighted by molar-refractivity contribution is 8.02. The number of nitrogens with zero attached hydrogens (tertiary/aromatic N) is 1. The van der Waals surface area contributed by atoms with E-state index in [1.807, 2.05) is 44.2 Å².